The summed E-state index contributed by atoms with van der Waals surface area (Å²) in [5.74, 6) is -0.237. The summed E-state index contributed by atoms with van der Waals surface area (Å²) in [7, 11) is 3.28. The number of urea groups is 2. The summed E-state index contributed by atoms with van der Waals surface area (Å²) in [6, 6.07) is 7.90. The standard InChI is InChI=1S/C21H29N5O4/c1-14-4-6-15(7-5-14)21(8-10-30-11-9-21)13-22-16(27)12-26-18-17(23-19(26)28)24(2)20(29)25(18)3/h4-7,17-18H,8-13H2,1-3H3,(H,22,27)(H,23,28). The predicted molar refractivity (Wildman–Crippen MR) is 110 cm³/mol. The van der Waals surface area contributed by atoms with Crippen LogP contribution in [0.1, 0.15) is 24.0 Å². The van der Waals surface area contributed by atoms with E-state index in [1.807, 2.05) is 0 Å². The Bertz CT molecular complexity index is 836. The fourth-order valence-corrected chi connectivity index (χ4v) is 4.65. The molecule has 5 amide bonds. The van der Waals surface area contributed by atoms with Crippen molar-refractivity contribution in [3.63, 3.8) is 0 Å². The Morgan fingerprint density at radius 3 is 2.50 bits per heavy atom. The summed E-state index contributed by atoms with van der Waals surface area (Å²) in [6.45, 7) is 3.75. The first-order valence-corrected chi connectivity index (χ1v) is 10.3. The number of ether oxygens (including phenoxy) is 1. The van der Waals surface area contributed by atoms with E-state index in [4.69, 9.17) is 4.74 Å². The van der Waals surface area contributed by atoms with Gasteiger partial charge in [0.1, 0.15) is 18.9 Å². The molecule has 1 aromatic rings. The Hall–Kier alpha value is -2.81. The third-order valence-corrected chi connectivity index (χ3v) is 6.60. The number of nitrogens with one attached hydrogen (secondary N) is 2. The van der Waals surface area contributed by atoms with Crippen LogP contribution in [0.5, 0.6) is 0 Å². The largest absolute Gasteiger partial charge is 0.381 e. The first kappa shape index (κ1) is 20.5. The van der Waals surface area contributed by atoms with Crippen molar-refractivity contribution in [2.24, 2.45) is 0 Å². The molecule has 4 rings (SSSR count). The number of carbonyl (C=O) groups excluding carboxylic acids is 3. The monoisotopic (exact) mass is 415 g/mol. The zero-order valence-electron chi connectivity index (χ0n) is 17.7. The van der Waals surface area contributed by atoms with Gasteiger partial charge in [-0.15, -0.1) is 0 Å². The molecule has 3 saturated heterocycles. The van der Waals surface area contributed by atoms with Crippen LogP contribution in [0.2, 0.25) is 0 Å². The molecule has 162 valence electrons. The number of rotatable bonds is 5. The third kappa shape index (κ3) is 3.47. The molecule has 0 aliphatic carbocycles. The molecule has 2 N–H and O–H groups in total. The van der Waals surface area contributed by atoms with Crippen molar-refractivity contribution in [1.82, 2.24) is 25.3 Å². The molecular formula is C21H29N5O4. The first-order chi connectivity index (χ1) is 14.3. The van der Waals surface area contributed by atoms with Crippen LogP contribution >= 0.6 is 0 Å². The minimum Gasteiger partial charge on any atom is -0.381 e. The molecule has 9 nitrogen and oxygen atoms in total. The Morgan fingerprint density at radius 1 is 1.17 bits per heavy atom. The maximum atomic E-state index is 12.8. The number of benzene rings is 1. The summed E-state index contributed by atoms with van der Waals surface area (Å²) < 4.78 is 5.56. The Kier molecular flexibility index (Phi) is 5.31. The van der Waals surface area contributed by atoms with Crippen molar-refractivity contribution in [1.29, 1.82) is 0 Å². The minimum absolute atomic E-state index is 0.0983. The van der Waals surface area contributed by atoms with E-state index >= 15 is 0 Å². The molecule has 0 radical (unpaired) electrons. The number of hydrogen-bond acceptors (Lipinski definition) is 4. The van der Waals surface area contributed by atoms with Gasteiger partial charge in [-0.25, -0.2) is 9.59 Å². The normalized spacial score (nSPS) is 25.4. The van der Waals surface area contributed by atoms with Crippen LogP contribution in [0.4, 0.5) is 9.59 Å². The van der Waals surface area contributed by atoms with E-state index in [1.165, 1.54) is 25.8 Å². The van der Waals surface area contributed by atoms with Crippen LogP contribution in [0, 0.1) is 6.92 Å². The van der Waals surface area contributed by atoms with Gasteiger partial charge in [-0.3, -0.25) is 9.69 Å². The topological polar surface area (TPSA) is 94.2 Å². The summed E-state index contributed by atoms with van der Waals surface area (Å²) >= 11 is 0. The average molecular weight is 415 g/mol. The number of fused-ring (bicyclic) bond motifs is 1. The lowest BCUT2D eigenvalue weighted by atomic mass is 9.74. The van der Waals surface area contributed by atoms with Gasteiger partial charge in [-0.2, -0.15) is 0 Å². The van der Waals surface area contributed by atoms with Crippen LogP contribution in [0.15, 0.2) is 24.3 Å². The van der Waals surface area contributed by atoms with E-state index in [2.05, 4.69) is 41.8 Å². The van der Waals surface area contributed by atoms with Gasteiger partial charge in [0.05, 0.1) is 0 Å². The molecule has 2 atom stereocenters. The second-order valence-corrected chi connectivity index (χ2v) is 8.48. The van der Waals surface area contributed by atoms with Crippen molar-refractivity contribution in [2.45, 2.75) is 37.5 Å². The molecule has 30 heavy (non-hydrogen) atoms. The van der Waals surface area contributed by atoms with Gasteiger partial charge in [0.25, 0.3) is 0 Å². The highest BCUT2D eigenvalue weighted by Crippen LogP contribution is 2.34. The van der Waals surface area contributed by atoms with Crippen molar-refractivity contribution >= 4 is 18.0 Å². The van der Waals surface area contributed by atoms with E-state index in [0.717, 1.165) is 12.8 Å². The molecule has 0 bridgehead atoms. The van der Waals surface area contributed by atoms with Crippen LogP contribution in [0.25, 0.3) is 0 Å². The number of hydrogen-bond donors (Lipinski definition) is 2. The molecule has 2 unspecified atom stereocenters. The Labute approximate surface area is 176 Å². The van der Waals surface area contributed by atoms with Crippen molar-refractivity contribution in [3.05, 3.63) is 35.4 Å². The van der Waals surface area contributed by atoms with E-state index in [1.54, 1.807) is 14.1 Å². The van der Waals surface area contributed by atoms with Crippen molar-refractivity contribution in [2.75, 3.05) is 40.4 Å². The highest BCUT2D eigenvalue weighted by Gasteiger charge is 2.52. The third-order valence-electron chi connectivity index (χ3n) is 6.60. The highest BCUT2D eigenvalue weighted by atomic mass is 16.5. The molecule has 0 saturated carbocycles. The van der Waals surface area contributed by atoms with Gasteiger partial charge in [-0.1, -0.05) is 29.8 Å². The van der Waals surface area contributed by atoms with Gasteiger partial charge in [0, 0.05) is 39.3 Å². The number of amides is 5. The lowest BCUT2D eigenvalue weighted by molar-refractivity contribution is -0.122. The summed E-state index contributed by atoms with van der Waals surface area (Å²) in [4.78, 5) is 41.8. The quantitative estimate of drug-likeness (QED) is 0.745. The van der Waals surface area contributed by atoms with E-state index in [0.29, 0.717) is 19.8 Å². The maximum absolute atomic E-state index is 12.8. The Morgan fingerprint density at radius 2 is 1.83 bits per heavy atom. The van der Waals surface area contributed by atoms with Gasteiger partial charge in [0.15, 0.2) is 0 Å². The molecule has 3 fully saturated rings. The number of nitrogens with zero attached hydrogens (tertiary/aromatic N) is 3. The van der Waals surface area contributed by atoms with Crippen LogP contribution in [-0.2, 0) is 14.9 Å². The first-order valence-electron chi connectivity index (χ1n) is 10.3. The Balaban J connectivity index is 1.43. The molecular weight excluding hydrogens is 386 g/mol. The lowest BCUT2D eigenvalue weighted by Crippen LogP contribution is -2.51. The molecule has 1 aromatic carbocycles. The molecule has 9 heteroatoms. The van der Waals surface area contributed by atoms with E-state index < -0.39 is 12.3 Å². The lowest BCUT2D eigenvalue weighted by Gasteiger charge is -2.38. The van der Waals surface area contributed by atoms with Gasteiger partial charge < -0.3 is 25.2 Å². The number of likely N-dealkylation sites (N-methyl/N-ethyl adjacent to an activating group) is 2. The van der Waals surface area contributed by atoms with Gasteiger partial charge in [-0.05, 0) is 25.3 Å². The summed E-state index contributed by atoms with van der Waals surface area (Å²) in [6.07, 6.45) is 0.715. The van der Waals surface area contributed by atoms with Crippen molar-refractivity contribution < 1.29 is 19.1 Å². The fourth-order valence-electron chi connectivity index (χ4n) is 4.65. The second-order valence-electron chi connectivity index (χ2n) is 8.48. The minimum atomic E-state index is -0.491. The maximum Gasteiger partial charge on any atom is 0.323 e. The second kappa shape index (κ2) is 7.79. The van der Waals surface area contributed by atoms with Crippen LogP contribution in [-0.4, -0.2) is 85.4 Å². The number of aryl methyl sites for hydroxylation is 1. The number of carbonyl (C=O) groups is 3. The SMILES string of the molecule is Cc1ccc(C2(CNC(=O)CN3C(=O)NC4C3N(C)C(=O)N4C)CCOCC2)cc1. The molecule has 3 aliphatic heterocycles. The molecule has 3 aliphatic rings. The van der Waals surface area contributed by atoms with Gasteiger partial charge >= 0.3 is 12.1 Å². The highest BCUT2D eigenvalue weighted by molar-refractivity contribution is 5.88. The van der Waals surface area contributed by atoms with E-state index in [9.17, 15) is 14.4 Å². The van der Waals surface area contributed by atoms with E-state index in [-0.39, 0.29) is 29.9 Å². The van der Waals surface area contributed by atoms with Gasteiger partial charge in [0.2, 0.25) is 5.91 Å². The zero-order valence-corrected chi connectivity index (χ0v) is 17.7. The van der Waals surface area contributed by atoms with Crippen LogP contribution < -0.4 is 10.6 Å². The predicted octanol–water partition coefficient (Wildman–Crippen LogP) is 0.834. The molecule has 3 heterocycles. The zero-order chi connectivity index (χ0) is 21.5. The van der Waals surface area contributed by atoms with Crippen LogP contribution in [0.3, 0.4) is 0 Å². The molecule has 0 spiro atoms. The smallest absolute Gasteiger partial charge is 0.323 e. The summed E-state index contributed by atoms with van der Waals surface area (Å²) in [5, 5.41) is 5.82. The fraction of sp³-hybridized carbons (Fsp3) is 0.571. The molecule has 0 aromatic heterocycles. The van der Waals surface area contributed by atoms with Crippen molar-refractivity contribution in [3.8, 4) is 0 Å². The summed E-state index contributed by atoms with van der Waals surface area (Å²) in [5.41, 5.74) is 2.20. The average Bonchev–Trinajstić information content (AvgIpc) is 3.17.